The highest BCUT2D eigenvalue weighted by Crippen LogP contribution is 2.24. The third-order valence-electron chi connectivity index (χ3n) is 4.12. The summed E-state index contributed by atoms with van der Waals surface area (Å²) < 4.78 is 5.19. The Morgan fingerprint density at radius 3 is 2.43 bits per heavy atom. The summed E-state index contributed by atoms with van der Waals surface area (Å²) in [6.07, 6.45) is 1.98. The van der Waals surface area contributed by atoms with Gasteiger partial charge in [0, 0.05) is 26.8 Å². The Morgan fingerprint density at radius 2 is 1.90 bits per heavy atom. The monoisotopic (exact) mass is 312 g/mol. The average molecular weight is 313 g/mol. The maximum absolute atomic E-state index is 12.7. The van der Waals surface area contributed by atoms with Crippen LogP contribution in [0.25, 0.3) is 0 Å². The lowest BCUT2D eigenvalue weighted by Gasteiger charge is -2.36. The SMILES string of the molecule is COCC1CCN(C(=O)C(C)(N)c2ccccc2)CC1.Cl. The van der Waals surface area contributed by atoms with Crippen LogP contribution in [0.15, 0.2) is 30.3 Å². The number of nitrogens with zero attached hydrogens (tertiary/aromatic N) is 1. The number of hydrogen-bond acceptors (Lipinski definition) is 3. The zero-order valence-electron chi connectivity index (χ0n) is 12.7. The van der Waals surface area contributed by atoms with Crippen LogP contribution in [0.5, 0.6) is 0 Å². The number of piperidine rings is 1. The zero-order valence-corrected chi connectivity index (χ0v) is 13.6. The minimum absolute atomic E-state index is 0. The molecule has 1 amide bonds. The summed E-state index contributed by atoms with van der Waals surface area (Å²) in [6, 6.07) is 9.59. The fourth-order valence-corrected chi connectivity index (χ4v) is 2.77. The predicted octanol–water partition coefficient (Wildman–Crippen LogP) is 2.17. The van der Waals surface area contributed by atoms with Crippen LogP contribution in [-0.2, 0) is 15.1 Å². The van der Waals surface area contributed by atoms with Gasteiger partial charge < -0.3 is 15.4 Å². The van der Waals surface area contributed by atoms with E-state index in [1.54, 1.807) is 14.0 Å². The Bertz CT molecular complexity index is 443. The van der Waals surface area contributed by atoms with Crippen LogP contribution < -0.4 is 5.73 Å². The number of benzene rings is 1. The van der Waals surface area contributed by atoms with Gasteiger partial charge in [0.1, 0.15) is 5.54 Å². The lowest BCUT2D eigenvalue weighted by molar-refractivity contribution is -0.138. The van der Waals surface area contributed by atoms with E-state index in [0.717, 1.165) is 38.1 Å². The van der Waals surface area contributed by atoms with Crippen LogP contribution in [0.1, 0.15) is 25.3 Å². The minimum Gasteiger partial charge on any atom is -0.384 e. The highest BCUT2D eigenvalue weighted by molar-refractivity contribution is 5.87. The Morgan fingerprint density at radius 1 is 1.33 bits per heavy atom. The van der Waals surface area contributed by atoms with Gasteiger partial charge in [-0.05, 0) is 31.2 Å². The Balaban J connectivity index is 0.00000220. The normalized spacial score (nSPS) is 18.7. The number of halogens is 1. The van der Waals surface area contributed by atoms with E-state index in [0.29, 0.717) is 5.92 Å². The summed E-state index contributed by atoms with van der Waals surface area (Å²) in [6.45, 7) is 4.12. The Kier molecular flexibility index (Phi) is 6.65. The van der Waals surface area contributed by atoms with Gasteiger partial charge in [-0.1, -0.05) is 30.3 Å². The zero-order chi connectivity index (χ0) is 14.6. The molecular formula is C16H25ClN2O2. The van der Waals surface area contributed by atoms with Crippen molar-refractivity contribution >= 4 is 18.3 Å². The molecule has 0 radical (unpaired) electrons. The second-order valence-corrected chi connectivity index (χ2v) is 5.76. The Hall–Kier alpha value is -1.10. The molecule has 0 spiro atoms. The van der Waals surface area contributed by atoms with E-state index >= 15 is 0 Å². The first kappa shape index (κ1) is 18.0. The van der Waals surface area contributed by atoms with E-state index in [9.17, 15) is 4.79 Å². The van der Waals surface area contributed by atoms with Crippen molar-refractivity contribution in [1.29, 1.82) is 0 Å². The predicted molar refractivity (Wildman–Crippen MR) is 86.4 cm³/mol. The largest absolute Gasteiger partial charge is 0.384 e. The second-order valence-electron chi connectivity index (χ2n) is 5.76. The third-order valence-corrected chi connectivity index (χ3v) is 4.12. The topological polar surface area (TPSA) is 55.6 Å². The third kappa shape index (κ3) is 4.19. The van der Waals surface area contributed by atoms with Gasteiger partial charge in [-0.25, -0.2) is 0 Å². The molecule has 1 atom stereocenters. The molecule has 0 aliphatic carbocycles. The minimum atomic E-state index is -0.949. The number of methoxy groups -OCH3 is 1. The van der Waals surface area contributed by atoms with Gasteiger partial charge in [0.15, 0.2) is 0 Å². The quantitative estimate of drug-likeness (QED) is 0.927. The van der Waals surface area contributed by atoms with Crippen molar-refractivity contribution in [2.24, 2.45) is 11.7 Å². The van der Waals surface area contributed by atoms with Crippen molar-refractivity contribution in [2.75, 3.05) is 26.8 Å². The second kappa shape index (κ2) is 7.78. The van der Waals surface area contributed by atoms with Crippen LogP contribution in [-0.4, -0.2) is 37.6 Å². The molecule has 1 saturated heterocycles. The number of hydrogen-bond donors (Lipinski definition) is 1. The highest BCUT2D eigenvalue weighted by atomic mass is 35.5. The molecule has 5 heteroatoms. The summed E-state index contributed by atoms with van der Waals surface area (Å²) in [5, 5.41) is 0. The highest BCUT2D eigenvalue weighted by Gasteiger charge is 2.35. The molecule has 0 saturated carbocycles. The molecule has 2 N–H and O–H groups in total. The summed E-state index contributed by atoms with van der Waals surface area (Å²) >= 11 is 0. The first-order valence-electron chi connectivity index (χ1n) is 7.18. The molecule has 0 bridgehead atoms. The van der Waals surface area contributed by atoms with Gasteiger partial charge in [0.25, 0.3) is 0 Å². The van der Waals surface area contributed by atoms with Crippen molar-refractivity contribution in [2.45, 2.75) is 25.3 Å². The molecule has 1 unspecified atom stereocenters. The van der Waals surface area contributed by atoms with E-state index < -0.39 is 5.54 Å². The molecule has 1 fully saturated rings. The molecule has 4 nitrogen and oxygen atoms in total. The van der Waals surface area contributed by atoms with Gasteiger partial charge >= 0.3 is 0 Å². The van der Waals surface area contributed by atoms with E-state index in [-0.39, 0.29) is 18.3 Å². The van der Waals surface area contributed by atoms with Crippen LogP contribution >= 0.6 is 12.4 Å². The molecule has 0 aromatic heterocycles. The maximum atomic E-state index is 12.7. The molecule has 1 heterocycles. The molecule has 2 rings (SSSR count). The summed E-state index contributed by atoms with van der Waals surface area (Å²) in [5.74, 6) is 0.573. The molecular weight excluding hydrogens is 288 g/mol. The summed E-state index contributed by atoms with van der Waals surface area (Å²) in [7, 11) is 1.73. The molecule has 21 heavy (non-hydrogen) atoms. The standard InChI is InChI=1S/C16H24N2O2.ClH/c1-16(17,14-6-4-3-5-7-14)15(19)18-10-8-13(9-11-18)12-20-2;/h3-7,13H,8-12,17H2,1-2H3;1H. The van der Waals surface area contributed by atoms with E-state index in [1.165, 1.54) is 0 Å². The van der Waals surface area contributed by atoms with Gasteiger partial charge in [-0.2, -0.15) is 0 Å². The van der Waals surface area contributed by atoms with Crippen molar-refractivity contribution in [3.63, 3.8) is 0 Å². The number of amides is 1. The molecule has 1 aromatic carbocycles. The number of rotatable bonds is 4. The van der Waals surface area contributed by atoms with Crippen LogP contribution in [0.2, 0.25) is 0 Å². The fraction of sp³-hybridized carbons (Fsp3) is 0.562. The molecule has 1 aliphatic rings. The Labute approximate surface area is 133 Å². The molecule has 118 valence electrons. The fourth-order valence-electron chi connectivity index (χ4n) is 2.77. The summed E-state index contributed by atoms with van der Waals surface area (Å²) in [5.41, 5.74) is 6.21. The lowest BCUT2D eigenvalue weighted by Crippen LogP contribution is -2.53. The average Bonchev–Trinajstić information content (AvgIpc) is 2.48. The van der Waals surface area contributed by atoms with Gasteiger partial charge in [0.2, 0.25) is 5.91 Å². The van der Waals surface area contributed by atoms with Gasteiger partial charge in [-0.15, -0.1) is 12.4 Å². The van der Waals surface area contributed by atoms with Crippen molar-refractivity contribution in [3.05, 3.63) is 35.9 Å². The van der Waals surface area contributed by atoms with Crippen LogP contribution in [0.4, 0.5) is 0 Å². The number of carbonyl (C=O) groups is 1. The van der Waals surface area contributed by atoms with E-state index in [1.807, 2.05) is 35.2 Å². The van der Waals surface area contributed by atoms with Crippen molar-refractivity contribution < 1.29 is 9.53 Å². The van der Waals surface area contributed by atoms with Crippen LogP contribution in [0.3, 0.4) is 0 Å². The van der Waals surface area contributed by atoms with Crippen molar-refractivity contribution in [3.8, 4) is 0 Å². The van der Waals surface area contributed by atoms with E-state index in [4.69, 9.17) is 10.5 Å². The smallest absolute Gasteiger partial charge is 0.246 e. The first-order chi connectivity index (χ1) is 9.55. The number of likely N-dealkylation sites (tertiary alicyclic amines) is 1. The van der Waals surface area contributed by atoms with Crippen molar-refractivity contribution in [1.82, 2.24) is 4.90 Å². The molecule has 1 aromatic rings. The lowest BCUT2D eigenvalue weighted by atomic mass is 9.89. The maximum Gasteiger partial charge on any atom is 0.246 e. The number of nitrogens with two attached hydrogens (primary N) is 1. The van der Waals surface area contributed by atoms with Crippen LogP contribution in [0, 0.1) is 5.92 Å². The molecule has 1 aliphatic heterocycles. The van der Waals surface area contributed by atoms with Gasteiger partial charge in [-0.3, -0.25) is 4.79 Å². The first-order valence-corrected chi connectivity index (χ1v) is 7.18. The number of ether oxygens (including phenoxy) is 1. The van der Waals surface area contributed by atoms with Gasteiger partial charge in [0.05, 0.1) is 0 Å². The summed E-state index contributed by atoms with van der Waals surface area (Å²) in [4.78, 5) is 14.5. The number of carbonyl (C=O) groups excluding carboxylic acids is 1. The van der Waals surface area contributed by atoms with E-state index in [2.05, 4.69) is 0 Å².